The van der Waals surface area contributed by atoms with Gasteiger partial charge >= 0.3 is 5.97 Å². The summed E-state index contributed by atoms with van der Waals surface area (Å²) in [4.78, 5) is 24.2. The van der Waals surface area contributed by atoms with E-state index in [4.69, 9.17) is 0 Å². The molecule has 1 heterocycles. The number of aromatic nitrogens is 1. The van der Waals surface area contributed by atoms with Crippen LogP contribution in [0.15, 0.2) is 64.6 Å². The molecule has 0 aliphatic heterocycles. The predicted octanol–water partition coefficient (Wildman–Crippen LogP) is 5.10. The van der Waals surface area contributed by atoms with Crippen LogP contribution in [0, 0.1) is 25.2 Å². The number of carbonyl (C=O) groups excluding carboxylic acids is 1. The van der Waals surface area contributed by atoms with E-state index in [2.05, 4.69) is 21.2 Å². The molecular formula is C23H18BrN3O3. The number of aromatic carboxylic acids is 1. The van der Waals surface area contributed by atoms with Gasteiger partial charge in [-0.15, -0.1) is 0 Å². The highest BCUT2D eigenvalue weighted by atomic mass is 79.9. The molecule has 0 saturated carbocycles. The number of nitrogens with one attached hydrogen (secondary N) is 1. The summed E-state index contributed by atoms with van der Waals surface area (Å²) in [5, 5.41) is 21.7. The zero-order chi connectivity index (χ0) is 21.8. The van der Waals surface area contributed by atoms with Gasteiger partial charge in [0.15, 0.2) is 0 Å². The summed E-state index contributed by atoms with van der Waals surface area (Å²) < 4.78 is 2.61. The molecule has 0 aliphatic rings. The molecule has 0 radical (unpaired) electrons. The van der Waals surface area contributed by atoms with Gasteiger partial charge in [0.05, 0.1) is 11.3 Å². The first kappa shape index (κ1) is 21.1. The summed E-state index contributed by atoms with van der Waals surface area (Å²) >= 11 is 3.34. The standard InChI is InChI=1S/C23H18BrN3O3/c1-14-10-16(15(2)27(14)21-9-4-3-8-20(21)23(29)30)11-17(13-25)22(28)26-19-7-5-6-18(24)12-19/h3-12H,1-2H3,(H,26,28)(H,29,30). The van der Waals surface area contributed by atoms with E-state index in [0.29, 0.717) is 16.9 Å². The minimum absolute atomic E-state index is 0.0539. The van der Waals surface area contributed by atoms with Crippen molar-refractivity contribution >= 4 is 39.6 Å². The van der Waals surface area contributed by atoms with E-state index in [9.17, 15) is 20.0 Å². The molecule has 30 heavy (non-hydrogen) atoms. The van der Waals surface area contributed by atoms with Crippen LogP contribution < -0.4 is 5.32 Å². The van der Waals surface area contributed by atoms with Crippen LogP contribution in [0.5, 0.6) is 0 Å². The number of hydrogen-bond donors (Lipinski definition) is 2. The van der Waals surface area contributed by atoms with E-state index in [1.54, 1.807) is 41.0 Å². The van der Waals surface area contributed by atoms with Gasteiger partial charge in [-0.25, -0.2) is 4.79 Å². The fraction of sp³-hybridized carbons (Fsp3) is 0.0870. The zero-order valence-electron chi connectivity index (χ0n) is 16.3. The number of halogens is 1. The van der Waals surface area contributed by atoms with Crippen LogP contribution in [0.2, 0.25) is 0 Å². The maximum atomic E-state index is 12.6. The molecule has 2 aromatic carbocycles. The third kappa shape index (κ3) is 4.34. The van der Waals surface area contributed by atoms with Crippen molar-refractivity contribution in [2.75, 3.05) is 5.32 Å². The van der Waals surface area contributed by atoms with Crippen LogP contribution in [0.1, 0.15) is 27.3 Å². The van der Waals surface area contributed by atoms with Crippen LogP contribution in [0.3, 0.4) is 0 Å². The van der Waals surface area contributed by atoms with Gasteiger partial charge in [0, 0.05) is 21.5 Å². The Kier molecular flexibility index (Phi) is 6.19. The van der Waals surface area contributed by atoms with Crippen LogP contribution in [0.4, 0.5) is 5.69 Å². The van der Waals surface area contributed by atoms with Gasteiger partial charge < -0.3 is 15.0 Å². The van der Waals surface area contributed by atoms with Crippen molar-refractivity contribution < 1.29 is 14.7 Å². The fourth-order valence-electron chi connectivity index (χ4n) is 3.22. The lowest BCUT2D eigenvalue weighted by Crippen LogP contribution is -2.13. The summed E-state index contributed by atoms with van der Waals surface area (Å²) in [6.45, 7) is 3.66. The number of nitrogens with zero attached hydrogens (tertiary/aromatic N) is 2. The van der Waals surface area contributed by atoms with Crippen molar-refractivity contribution in [2.45, 2.75) is 13.8 Å². The van der Waals surface area contributed by atoms with Gasteiger partial charge in [0.2, 0.25) is 0 Å². The first-order valence-corrected chi connectivity index (χ1v) is 9.81. The van der Waals surface area contributed by atoms with Crippen LogP contribution in [-0.4, -0.2) is 21.6 Å². The van der Waals surface area contributed by atoms with Crippen molar-refractivity contribution in [1.29, 1.82) is 5.26 Å². The summed E-state index contributed by atoms with van der Waals surface area (Å²) in [6, 6.07) is 17.5. The number of carboxylic acids is 1. The molecule has 0 spiro atoms. The molecule has 0 bridgehead atoms. The molecule has 0 aliphatic carbocycles. The molecule has 0 atom stereocenters. The van der Waals surface area contributed by atoms with Crippen LogP contribution in [-0.2, 0) is 4.79 Å². The molecule has 3 aromatic rings. The number of hydrogen-bond acceptors (Lipinski definition) is 3. The number of aryl methyl sites for hydroxylation is 1. The van der Waals surface area contributed by atoms with Gasteiger partial charge in [-0.3, -0.25) is 4.79 Å². The quantitative estimate of drug-likeness (QED) is 0.406. The van der Waals surface area contributed by atoms with Crippen molar-refractivity contribution in [3.05, 3.63) is 87.2 Å². The Balaban J connectivity index is 1.99. The number of benzene rings is 2. The van der Waals surface area contributed by atoms with Gasteiger partial charge in [0.25, 0.3) is 5.91 Å². The van der Waals surface area contributed by atoms with E-state index in [-0.39, 0.29) is 11.1 Å². The van der Waals surface area contributed by atoms with Crippen molar-refractivity contribution in [1.82, 2.24) is 4.57 Å². The highest BCUT2D eigenvalue weighted by Gasteiger charge is 2.17. The number of amides is 1. The molecular weight excluding hydrogens is 446 g/mol. The number of carboxylic acid groups (broad SMARTS) is 1. The monoisotopic (exact) mass is 463 g/mol. The summed E-state index contributed by atoms with van der Waals surface area (Å²) in [5.74, 6) is -1.55. The second kappa shape index (κ2) is 8.80. The topological polar surface area (TPSA) is 95.1 Å². The Bertz CT molecular complexity index is 1220. The molecule has 0 unspecified atom stereocenters. The number of anilines is 1. The van der Waals surface area contributed by atoms with Gasteiger partial charge in [-0.2, -0.15) is 5.26 Å². The third-order valence-electron chi connectivity index (χ3n) is 4.59. The Morgan fingerprint density at radius 2 is 1.87 bits per heavy atom. The Labute approximate surface area is 182 Å². The minimum Gasteiger partial charge on any atom is -0.478 e. The lowest BCUT2D eigenvalue weighted by Gasteiger charge is -2.12. The lowest BCUT2D eigenvalue weighted by molar-refractivity contribution is -0.112. The highest BCUT2D eigenvalue weighted by Crippen LogP contribution is 2.25. The van der Waals surface area contributed by atoms with Crippen molar-refractivity contribution in [2.24, 2.45) is 0 Å². The van der Waals surface area contributed by atoms with E-state index >= 15 is 0 Å². The average Bonchev–Trinajstić information content (AvgIpc) is 2.98. The molecule has 7 heteroatoms. The largest absolute Gasteiger partial charge is 0.478 e. The second-order valence-corrected chi connectivity index (χ2v) is 7.53. The van der Waals surface area contributed by atoms with E-state index in [1.165, 1.54) is 12.1 Å². The maximum absolute atomic E-state index is 12.6. The first-order valence-electron chi connectivity index (χ1n) is 9.02. The van der Waals surface area contributed by atoms with Gasteiger partial charge in [-0.05, 0) is 61.9 Å². The lowest BCUT2D eigenvalue weighted by atomic mass is 10.1. The number of carbonyl (C=O) groups is 2. The smallest absolute Gasteiger partial charge is 0.337 e. The molecule has 0 saturated heterocycles. The zero-order valence-corrected chi connectivity index (χ0v) is 17.9. The molecule has 3 rings (SSSR count). The first-order chi connectivity index (χ1) is 14.3. The summed E-state index contributed by atoms with van der Waals surface area (Å²) in [7, 11) is 0. The predicted molar refractivity (Wildman–Crippen MR) is 119 cm³/mol. The van der Waals surface area contributed by atoms with Gasteiger partial charge in [-0.1, -0.05) is 34.1 Å². The molecule has 6 nitrogen and oxygen atoms in total. The Hall–Kier alpha value is -3.63. The van der Waals surface area contributed by atoms with E-state index < -0.39 is 11.9 Å². The van der Waals surface area contributed by atoms with Gasteiger partial charge in [0.1, 0.15) is 11.6 Å². The number of nitriles is 1. The molecule has 2 N–H and O–H groups in total. The molecule has 1 amide bonds. The van der Waals surface area contributed by atoms with Crippen molar-refractivity contribution in [3.63, 3.8) is 0 Å². The maximum Gasteiger partial charge on any atom is 0.337 e. The van der Waals surface area contributed by atoms with Crippen LogP contribution in [0.25, 0.3) is 11.8 Å². The molecule has 1 aromatic heterocycles. The van der Waals surface area contributed by atoms with Crippen molar-refractivity contribution in [3.8, 4) is 11.8 Å². The Morgan fingerprint density at radius 3 is 2.53 bits per heavy atom. The summed E-state index contributed by atoms with van der Waals surface area (Å²) in [6.07, 6.45) is 1.51. The number of rotatable bonds is 5. The normalized spacial score (nSPS) is 11.1. The molecule has 150 valence electrons. The summed E-state index contributed by atoms with van der Waals surface area (Å²) in [5.41, 5.74) is 3.38. The van der Waals surface area contributed by atoms with Crippen LogP contribution >= 0.6 is 15.9 Å². The average molecular weight is 464 g/mol. The third-order valence-corrected chi connectivity index (χ3v) is 5.09. The number of para-hydroxylation sites is 1. The highest BCUT2D eigenvalue weighted by molar-refractivity contribution is 9.10. The Morgan fingerprint density at radius 1 is 1.13 bits per heavy atom. The molecule has 0 fully saturated rings. The fourth-order valence-corrected chi connectivity index (χ4v) is 3.62. The minimum atomic E-state index is -1.03. The SMILES string of the molecule is Cc1cc(C=C(C#N)C(=O)Nc2cccc(Br)c2)c(C)n1-c1ccccc1C(=O)O. The van der Waals surface area contributed by atoms with E-state index in [0.717, 1.165) is 15.9 Å². The second-order valence-electron chi connectivity index (χ2n) is 6.62. The van der Waals surface area contributed by atoms with E-state index in [1.807, 2.05) is 32.0 Å².